The highest BCUT2D eigenvalue weighted by Crippen LogP contribution is 2.13. The molecule has 0 bridgehead atoms. The van der Waals surface area contributed by atoms with Crippen LogP contribution in [0.3, 0.4) is 0 Å². The molecule has 0 saturated carbocycles. The average Bonchev–Trinajstić information content (AvgIpc) is 2.39. The van der Waals surface area contributed by atoms with Crippen molar-refractivity contribution >= 4 is 11.8 Å². The van der Waals surface area contributed by atoms with Crippen molar-refractivity contribution in [2.24, 2.45) is 23.4 Å². The van der Waals surface area contributed by atoms with Crippen LogP contribution in [-0.4, -0.2) is 24.9 Å². The van der Waals surface area contributed by atoms with E-state index in [2.05, 4.69) is 19.2 Å². The molecule has 2 atom stereocenters. The van der Waals surface area contributed by atoms with Crippen molar-refractivity contribution in [3.63, 3.8) is 0 Å². The maximum Gasteiger partial charge on any atom is 0.234 e. The normalized spacial score (nSPS) is 13.8. The fraction of sp³-hybridized carbons (Fsp3) is 0.833. The Labute approximate surface area is 109 Å². The van der Waals surface area contributed by atoms with E-state index in [1.807, 2.05) is 5.43 Å². The van der Waals surface area contributed by atoms with Gasteiger partial charge in [0, 0.05) is 19.4 Å². The number of hydrogen-bond acceptors (Lipinski definition) is 4. The molecule has 2 unspecified atom stereocenters. The molecule has 0 aliphatic heterocycles. The topological polar surface area (TPSA) is 110 Å². The van der Waals surface area contributed by atoms with Gasteiger partial charge < -0.3 is 11.1 Å². The lowest BCUT2D eigenvalue weighted by atomic mass is 9.93. The Bertz CT molecular complexity index is 258. The molecule has 0 aromatic carbocycles. The van der Waals surface area contributed by atoms with Crippen LogP contribution >= 0.6 is 0 Å². The number of hydrogen-bond donors (Lipinski definition) is 4. The van der Waals surface area contributed by atoms with Gasteiger partial charge in [-0.2, -0.15) is 0 Å². The fourth-order valence-electron chi connectivity index (χ4n) is 1.71. The van der Waals surface area contributed by atoms with E-state index in [9.17, 15) is 9.59 Å². The van der Waals surface area contributed by atoms with E-state index in [1.165, 1.54) is 0 Å². The minimum absolute atomic E-state index is 0.113. The first-order valence-corrected chi connectivity index (χ1v) is 6.49. The van der Waals surface area contributed by atoms with Gasteiger partial charge in [-0.1, -0.05) is 20.3 Å². The van der Waals surface area contributed by atoms with E-state index in [4.69, 9.17) is 11.6 Å². The van der Waals surface area contributed by atoms with Crippen LogP contribution in [0.25, 0.3) is 0 Å². The van der Waals surface area contributed by atoms with Crippen LogP contribution in [0.5, 0.6) is 0 Å². The van der Waals surface area contributed by atoms with Gasteiger partial charge in [0.2, 0.25) is 11.8 Å². The van der Waals surface area contributed by atoms with Crippen LogP contribution in [0.1, 0.15) is 39.5 Å². The molecule has 0 aliphatic carbocycles. The lowest BCUT2D eigenvalue weighted by Gasteiger charge is -2.19. The average molecular weight is 258 g/mol. The second-order valence-corrected chi connectivity index (χ2v) is 4.72. The minimum Gasteiger partial charge on any atom is -0.356 e. The van der Waals surface area contributed by atoms with Gasteiger partial charge in [0.1, 0.15) is 0 Å². The first kappa shape index (κ1) is 16.9. The summed E-state index contributed by atoms with van der Waals surface area (Å²) in [5.41, 5.74) is 7.58. The third-order valence-corrected chi connectivity index (χ3v) is 3.04. The molecule has 6 heteroatoms. The van der Waals surface area contributed by atoms with Crippen molar-refractivity contribution in [2.45, 2.75) is 39.5 Å². The van der Waals surface area contributed by atoms with Gasteiger partial charge in [-0.05, 0) is 24.8 Å². The van der Waals surface area contributed by atoms with Crippen LogP contribution in [0.2, 0.25) is 0 Å². The van der Waals surface area contributed by atoms with Gasteiger partial charge in [0.05, 0.1) is 0 Å². The van der Waals surface area contributed by atoms with Gasteiger partial charge in [0.15, 0.2) is 0 Å². The summed E-state index contributed by atoms with van der Waals surface area (Å²) in [5.74, 6) is 5.40. The van der Waals surface area contributed by atoms with Crippen molar-refractivity contribution in [2.75, 3.05) is 13.1 Å². The van der Waals surface area contributed by atoms with Crippen molar-refractivity contribution in [1.29, 1.82) is 0 Å². The third-order valence-electron chi connectivity index (χ3n) is 3.04. The summed E-state index contributed by atoms with van der Waals surface area (Å²) in [6.07, 6.45) is 2.31. The highest BCUT2D eigenvalue weighted by Gasteiger charge is 2.12. The third kappa shape index (κ3) is 8.03. The van der Waals surface area contributed by atoms with Crippen LogP contribution in [0.15, 0.2) is 0 Å². The molecule has 0 rings (SSSR count). The molecule has 0 aromatic heterocycles. The van der Waals surface area contributed by atoms with Gasteiger partial charge in [-0.25, -0.2) is 5.84 Å². The number of rotatable bonds is 9. The molecule has 0 aliphatic rings. The van der Waals surface area contributed by atoms with Crippen molar-refractivity contribution in [1.82, 2.24) is 10.7 Å². The number of amides is 2. The lowest BCUT2D eigenvalue weighted by Crippen LogP contribution is -2.33. The highest BCUT2D eigenvalue weighted by atomic mass is 16.2. The Morgan fingerprint density at radius 1 is 1.22 bits per heavy atom. The largest absolute Gasteiger partial charge is 0.356 e. The Morgan fingerprint density at radius 3 is 2.33 bits per heavy atom. The van der Waals surface area contributed by atoms with Crippen molar-refractivity contribution in [3.05, 3.63) is 0 Å². The van der Waals surface area contributed by atoms with E-state index in [-0.39, 0.29) is 24.7 Å². The van der Waals surface area contributed by atoms with Gasteiger partial charge >= 0.3 is 0 Å². The Kier molecular flexibility index (Phi) is 9.22. The predicted molar refractivity (Wildman–Crippen MR) is 71.2 cm³/mol. The SMILES string of the molecule is CCC(CNC(=O)CCC(=O)NN)CC(C)CN. The molecule has 6 nitrogen and oxygen atoms in total. The van der Waals surface area contributed by atoms with Crippen molar-refractivity contribution < 1.29 is 9.59 Å². The lowest BCUT2D eigenvalue weighted by molar-refractivity contribution is -0.126. The van der Waals surface area contributed by atoms with E-state index < -0.39 is 0 Å². The smallest absolute Gasteiger partial charge is 0.234 e. The van der Waals surface area contributed by atoms with Crippen LogP contribution < -0.4 is 22.3 Å². The molecule has 0 saturated heterocycles. The quantitative estimate of drug-likeness (QED) is 0.262. The Balaban J connectivity index is 3.83. The van der Waals surface area contributed by atoms with Crippen LogP contribution in [0.4, 0.5) is 0 Å². The summed E-state index contributed by atoms with van der Waals surface area (Å²) in [4.78, 5) is 22.3. The van der Waals surface area contributed by atoms with E-state index in [0.29, 0.717) is 24.9 Å². The second-order valence-electron chi connectivity index (χ2n) is 4.72. The summed E-state index contributed by atoms with van der Waals surface area (Å²) in [7, 11) is 0. The fourth-order valence-corrected chi connectivity index (χ4v) is 1.71. The zero-order valence-corrected chi connectivity index (χ0v) is 11.4. The van der Waals surface area contributed by atoms with Crippen molar-refractivity contribution in [3.8, 4) is 0 Å². The van der Waals surface area contributed by atoms with Crippen LogP contribution in [-0.2, 0) is 9.59 Å². The number of carbonyl (C=O) groups excluding carboxylic acids is 2. The van der Waals surface area contributed by atoms with E-state index in [0.717, 1.165) is 12.8 Å². The molecule has 6 N–H and O–H groups in total. The first-order valence-electron chi connectivity index (χ1n) is 6.49. The van der Waals surface area contributed by atoms with Gasteiger partial charge in [0.25, 0.3) is 0 Å². The summed E-state index contributed by atoms with van der Waals surface area (Å²) < 4.78 is 0. The molecule has 0 heterocycles. The zero-order chi connectivity index (χ0) is 14.0. The number of nitrogens with two attached hydrogens (primary N) is 2. The predicted octanol–water partition coefficient (Wildman–Crippen LogP) is -0.116. The minimum atomic E-state index is -0.325. The molecule has 0 radical (unpaired) electrons. The van der Waals surface area contributed by atoms with Gasteiger partial charge in [-0.15, -0.1) is 0 Å². The second kappa shape index (κ2) is 9.85. The summed E-state index contributed by atoms with van der Waals surface area (Å²) >= 11 is 0. The number of hydrazine groups is 1. The molecular weight excluding hydrogens is 232 g/mol. The Hall–Kier alpha value is -1.14. The molecule has 0 spiro atoms. The maximum absolute atomic E-state index is 11.5. The molecule has 0 fully saturated rings. The maximum atomic E-state index is 11.5. The molecule has 18 heavy (non-hydrogen) atoms. The van der Waals surface area contributed by atoms with E-state index >= 15 is 0 Å². The number of carbonyl (C=O) groups is 2. The summed E-state index contributed by atoms with van der Waals surface area (Å²) in [5, 5.41) is 2.84. The highest BCUT2D eigenvalue weighted by molar-refractivity contribution is 5.83. The molecular formula is C12H26N4O2. The molecule has 2 amide bonds. The first-order chi connectivity index (χ1) is 8.53. The summed E-state index contributed by atoms with van der Waals surface area (Å²) in [6, 6.07) is 0. The number of nitrogens with one attached hydrogen (secondary N) is 2. The van der Waals surface area contributed by atoms with Crippen LogP contribution in [0, 0.1) is 11.8 Å². The Morgan fingerprint density at radius 2 is 1.83 bits per heavy atom. The van der Waals surface area contributed by atoms with E-state index in [1.54, 1.807) is 0 Å². The zero-order valence-electron chi connectivity index (χ0n) is 11.4. The monoisotopic (exact) mass is 258 g/mol. The molecule has 106 valence electrons. The molecule has 0 aromatic rings. The standard InChI is InChI=1S/C12H26N4O2/c1-3-10(6-9(2)7-13)8-15-11(17)4-5-12(18)16-14/h9-10H,3-8,13-14H2,1-2H3,(H,15,17)(H,16,18). The summed E-state index contributed by atoms with van der Waals surface area (Å²) in [6.45, 7) is 5.52. The van der Waals surface area contributed by atoms with Gasteiger partial charge in [-0.3, -0.25) is 15.0 Å².